The van der Waals surface area contributed by atoms with Gasteiger partial charge >= 0.3 is 0 Å². The molecular formula is C17H15F2N3O. The number of carbonyl (C=O) groups is 1. The quantitative estimate of drug-likeness (QED) is 0.714. The Morgan fingerprint density at radius 1 is 1.22 bits per heavy atom. The van der Waals surface area contributed by atoms with E-state index in [1.165, 1.54) is 12.1 Å². The molecule has 0 N–H and O–H groups in total. The SMILES string of the molecule is CCC(=O)Cn1ncc2ncc(-c3cccc(C(F)F)c3)cc21. The van der Waals surface area contributed by atoms with Crippen molar-refractivity contribution in [3.8, 4) is 11.1 Å². The van der Waals surface area contributed by atoms with Crippen LogP contribution in [0.15, 0.2) is 42.7 Å². The first kappa shape index (κ1) is 15.3. The van der Waals surface area contributed by atoms with Gasteiger partial charge in [0.25, 0.3) is 6.43 Å². The van der Waals surface area contributed by atoms with Crippen molar-refractivity contribution < 1.29 is 13.6 Å². The van der Waals surface area contributed by atoms with E-state index in [9.17, 15) is 13.6 Å². The third-order valence-corrected chi connectivity index (χ3v) is 3.69. The zero-order chi connectivity index (χ0) is 16.4. The van der Waals surface area contributed by atoms with E-state index in [0.29, 0.717) is 28.6 Å². The van der Waals surface area contributed by atoms with Gasteiger partial charge < -0.3 is 0 Å². The molecule has 0 spiro atoms. The van der Waals surface area contributed by atoms with Gasteiger partial charge in [0.05, 0.1) is 11.7 Å². The van der Waals surface area contributed by atoms with E-state index in [1.807, 2.05) is 6.07 Å². The number of Topliss-reactive ketones (excluding diaryl/α,β-unsaturated/α-hetero) is 1. The Bertz CT molecular complexity index is 858. The first-order chi connectivity index (χ1) is 11.1. The Morgan fingerprint density at radius 3 is 2.78 bits per heavy atom. The number of aromatic nitrogens is 3. The summed E-state index contributed by atoms with van der Waals surface area (Å²) in [6, 6.07) is 8.02. The predicted octanol–water partition coefficient (Wildman–Crippen LogP) is 4.02. The molecule has 0 unspecified atom stereocenters. The second-order valence-electron chi connectivity index (χ2n) is 5.25. The summed E-state index contributed by atoms with van der Waals surface area (Å²) in [5, 5.41) is 4.18. The number of benzene rings is 1. The lowest BCUT2D eigenvalue weighted by molar-refractivity contribution is -0.119. The molecule has 23 heavy (non-hydrogen) atoms. The molecular weight excluding hydrogens is 300 g/mol. The zero-order valence-electron chi connectivity index (χ0n) is 12.5. The van der Waals surface area contributed by atoms with Gasteiger partial charge in [0, 0.05) is 23.7 Å². The maximum atomic E-state index is 12.8. The van der Waals surface area contributed by atoms with Crippen LogP contribution in [-0.2, 0) is 11.3 Å². The van der Waals surface area contributed by atoms with Crippen LogP contribution in [-0.4, -0.2) is 20.5 Å². The molecule has 0 bridgehead atoms. The molecule has 0 amide bonds. The largest absolute Gasteiger partial charge is 0.298 e. The van der Waals surface area contributed by atoms with Crippen LogP contribution in [0.1, 0.15) is 25.3 Å². The Labute approximate surface area is 131 Å². The van der Waals surface area contributed by atoms with E-state index >= 15 is 0 Å². The van der Waals surface area contributed by atoms with Crippen LogP contribution >= 0.6 is 0 Å². The van der Waals surface area contributed by atoms with Gasteiger partial charge in [-0.3, -0.25) is 14.5 Å². The maximum absolute atomic E-state index is 12.8. The third kappa shape index (κ3) is 3.11. The number of hydrogen-bond acceptors (Lipinski definition) is 3. The summed E-state index contributed by atoms with van der Waals surface area (Å²) in [4.78, 5) is 15.9. The fourth-order valence-electron chi connectivity index (χ4n) is 2.37. The fourth-order valence-corrected chi connectivity index (χ4v) is 2.37. The second kappa shape index (κ2) is 6.24. The van der Waals surface area contributed by atoms with E-state index in [-0.39, 0.29) is 17.9 Å². The number of alkyl halides is 2. The summed E-state index contributed by atoms with van der Waals surface area (Å²) in [5.74, 6) is 0.0695. The molecule has 2 aromatic heterocycles. The normalized spacial score (nSPS) is 11.3. The van der Waals surface area contributed by atoms with Crippen molar-refractivity contribution in [3.63, 3.8) is 0 Å². The number of fused-ring (bicyclic) bond motifs is 1. The lowest BCUT2D eigenvalue weighted by atomic mass is 10.0. The fraction of sp³-hybridized carbons (Fsp3) is 0.235. The smallest absolute Gasteiger partial charge is 0.263 e. The summed E-state index contributed by atoms with van der Waals surface area (Å²) < 4.78 is 27.3. The molecule has 0 aliphatic heterocycles. The van der Waals surface area contributed by atoms with E-state index in [1.54, 1.807) is 36.1 Å². The van der Waals surface area contributed by atoms with Crippen molar-refractivity contribution in [3.05, 3.63) is 48.3 Å². The number of carbonyl (C=O) groups excluding carboxylic acids is 1. The number of hydrogen-bond donors (Lipinski definition) is 0. The first-order valence-corrected chi connectivity index (χ1v) is 7.30. The third-order valence-electron chi connectivity index (χ3n) is 3.69. The van der Waals surface area contributed by atoms with Crippen LogP contribution in [0.2, 0.25) is 0 Å². The predicted molar refractivity (Wildman–Crippen MR) is 83.2 cm³/mol. The number of ketones is 1. The molecule has 0 aliphatic carbocycles. The van der Waals surface area contributed by atoms with Crippen LogP contribution in [0.5, 0.6) is 0 Å². The number of rotatable bonds is 5. The monoisotopic (exact) mass is 315 g/mol. The minimum Gasteiger partial charge on any atom is -0.298 e. The average molecular weight is 315 g/mol. The molecule has 6 heteroatoms. The molecule has 118 valence electrons. The second-order valence-corrected chi connectivity index (χ2v) is 5.25. The highest BCUT2D eigenvalue weighted by molar-refractivity contribution is 5.83. The van der Waals surface area contributed by atoms with Gasteiger partial charge in [-0.25, -0.2) is 8.78 Å². The summed E-state index contributed by atoms with van der Waals surface area (Å²) in [6.07, 6.45) is 1.14. The average Bonchev–Trinajstić information content (AvgIpc) is 2.97. The topological polar surface area (TPSA) is 47.8 Å². The minimum absolute atomic E-state index is 0.0303. The Hall–Kier alpha value is -2.63. The van der Waals surface area contributed by atoms with E-state index in [0.717, 1.165) is 0 Å². The van der Waals surface area contributed by atoms with E-state index < -0.39 is 6.43 Å². The highest BCUT2D eigenvalue weighted by atomic mass is 19.3. The summed E-state index contributed by atoms with van der Waals surface area (Å²) in [6.45, 7) is 1.98. The molecule has 1 aromatic carbocycles. The highest BCUT2D eigenvalue weighted by Crippen LogP contribution is 2.27. The Balaban J connectivity index is 2.03. The molecule has 3 rings (SSSR count). The molecule has 2 heterocycles. The van der Waals surface area contributed by atoms with Gasteiger partial charge in [0.15, 0.2) is 5.78 Å². The Morgan fingerprint density at radius 2 is 2.04 bits per heavy atom. The van der Waals surface area contributed by atoms with Crippen molar-refractivity contribution in [1.82, 2.24) is 14.8 Å². The number of halogens is 2. The lowest BCUT2D eigenvalue weighted by Crippen LogP contribution is -2.09. The van der Waals surface area contributed by atoms with Crippen molar-refractivity contribution in [2.75, 3.05) is 0 Å². The maximum Gasteiger partial charge on any atom is 0.263 e. The number of pyridine rings is 1. The van der Waals surface area contributed by atoms with Crippen molar-refractivity contribution in [2.45, 2.75) is 26.3 Å². The van der Waals surface area contributed by atoms with Crippen molar-refractivity contribution in [2.24, 2.45) is 0 Å². The van der Waals surface area contributed by atoms with Gasteiger partial charge in [-0.15, -0.1) is 0 Å². The summed E-state index contributed by atoms with van der Waals surface area (Å²) in [5.41, 5.74) is 2.73. The molecule has 0 atom stereocenters. The molecule has 0 aliphatic rings. The van der Waals surface area contributed by atoms with Gasteiger partial charge in [-0.05, 0) is 17.7 Å². The van der Waals surface area contributed by atoms with Gasteiger partial charge in [0.1, 0.15) is 12.1 Å². The standard InChI is InChI=1S/C17H15F2N3O/c1-2-14(23)10-22-16-7-13(8-20-15(16)9-21-22)11-4-3-5-12(6-11)17(18)19/h3-9,17H,2,10H2,1H3. The minimum atomic E-state index is -2.51. The van der Waals surface area contributed by atoms with E-state index in [2.05, 4.69) is 10.1 Å². The highest BCUT2D eigenvalue weighted by Gasteiger charge is 2.11. The molecule has 0 saturated heterocycles. The molecule has 4 nitrogen and oxygen atoms in total. The van der Waals surface area contributed by atoms with Crippen LogP contribution in [0.4, 0.5) is 8.78 Å². The molecule has 0 fully saturated rings. The molecule has 0 saturated carbocycles. The zero-order valence-corrected chi connectivity index (χ0v) is 12.5. The van der Waals surface area contributed by atoms with Gasteiger partial charge in [-0.1, -0.05) is 25.1 Å². The molecule has 0 radical (unpaired) electrons. The number of nitrogens with zero attached hydrogens (tertiary/aromatic N) is 3. The first-order valence-electron chi connectivity index (χ1n) is 7.30. The van der Waals surface area contributed by atoms with E-state index in [4.69, 9.17) is 0 Å². The van der Waals surface area contributed by atoms with Gasteiger partial charge in [-0.2, -0.15) is 5.10 Å². The van der Waals surface area contributed by atoms with Crippen molar-refractivity contribution in [1.29, 1.82) is 0 Å². The molecule has 3 aromatic rings. The van der Waals surface area contributed by atoms with Crippen LogP contribution in [0.3, 0.4) is 0 Å². The van der Waals surface area contributed by atoms with Crippen LogP contribution < -0.4 is 0 Å². The Kier molecular flexibility index (Phi) is 4.14. The lowest BCUT2D eigenvalue weighted by Gasteiger charge is -2.06. The van der Waals surface area contributed by atoms with Crippen LogP contribution in [0.25, 0.3) is 22.2 Å². The summed E-state index contributed by atoms with van der Waals surface area (Å²) in [7, 11) is 0. The van der Waals surface area contributed by atoms with Gasteiger partial charge in [0.2, 0.25) is 0 Å². The summed E-state index contributed by atoms with van der Waals surface area (Å²) >= 11 is 0. The van der Waals surface area contributed by atoms with Crippen LogP contribution in [0, 0.1) is 0 Å². The van der Waals surface area contributed by atoms with Crippen molar-refractivity contribution >= 4 is 16.8 Å².